The van der Waals surface area contributed by atoms with E-state index < -0.39 is 22.7 Å². The molecule has 9 heteroatoms. The molecule has 2 amide bonds. The maximum Gasteiger partial charge on any atom is 0.410 e. The Labute approximate surface area is 145 Å². The van der Waals surface area contributed by atoms with E-state index in [-0.39, 0.29) is 18.3 Å². The number of carbonyl (C=O) groups is 2. The lowest BCUT2D eigenvalue weighted by Gasteiger charge is -2.39. The largest absolute Gasteiger partial charge is 0.445 e. The van der Waals surface area contributed by atoms with E-state index in [1.54, 1.807) is 20.8 Å². The van der Waals surface area contributed by atoms with Gasteiger partial charge in [-0.1, -0.05) is 0 Å². The Hall–Kier alpha value is -2.84. The Morgan fingerprint density at radius 1 is 1.28 bits per heavy atom. The number of ether oxygens (including phenoxy) is 2. The maximum atomic E-state index is 11.8. The predicted octanol–water partition coefficient (Wildman–Crippen LogP) is 2.44. The van der Waals surface area contributed by atoms with Gasteiger partial charge in [-0.15, -0.1) is 0 Å². The maximum absolute atomic E-state index is 11.8. The van der Waals surface area contributed by atoms with Crippen molar-refractivity contribution in [3.63, 3.8) is 0 Å². The molecule has 0 radical (unpaired) electrons. The number of nitro groups is 1. The molecule has 1 aromatic carbocycles. The van der Waals surface area contributed by atoms with Gasteiger partial charge in [0.25, 0.3) is 5.69 Å². The second-order valence-electron chi connectivity index (χ2n) is 6.73. The average molecular weight is 351 g/mol. The minimum Gasteiger partial charge on any atom is -0.445 e. The van der Waals surface area contributed by atoms with Crippen LogP contribution in [-0.4, -0.2) is 46.7 Å². The van der Waals surface area contributed by atoms with Crippen LogP contribution in [0.5, 0.6) is 0 Å². The summed E-state index contributed by atoms with van der Waals surface area (Å²) in [7, 11) is 0. The zero-order valence-electron chi connectivity index (χ0n) is 14.4. The van der Waals surface area contributed by atoms with Crippen molar-refractivity contribution >= 4 is 17.9 Å². The van der Waals surface area contributed by atoms with E-state index in [0.29, 0.717) is 18.7 Å². The van der Waals surface area contributed by atoms with Crippen molar-refractivity contribution in [3.05, 3.63) is 39.9 Å². The number of amides is 2. The molecule has 0 unspecified atom stereocenters. The lowest BCUT2D eigenvalue weighted by atomic mass is 10.1. The van der Waals surface area contributed by atoms with Crippen molar-refractivity contribution in [2.24, 2.45) is 0 Å². The molecule has 25 heavy (non-hydrogen) atoms. The van der Waals surface area contributed by atoms with Gasteiger partial charge < -0.3 is 19.7 Å². The highest BCUT2D eigenvalue weighted by molar-refractivity contribution is 5.71. The predicted molar refractivity (Wildman–Crippen MR) is 88.0 cm³/mol. The molecule has 1 aliphatic rings. The van der Waals surface area contributed by atoms with Crippen molar-refractivity contribution in [2.75, 3.05) is 13.1 Å². The second kappa shape index (κ2) is 7.37. The van der Waals surface area contributed by atoms with Crippen LogP contribution in [0.3, 0.4) is 0 Å². The third-order valence-electron chi connectivity index (χ3n) is 3.37. The highest BCUT2D eigenvalue weighted by Crippen LogP contribution is 2.16. The number of non-ortho nitro benzene ring substituents is 1. The fourth-order valence-corrected chi connectivity index (χ4v) is 2.12. The van der Waals surface area contributed by atoms with Crippen molar-refractivity contribution < 1.29 is 24.0 Å². The fraction of sp³-hybridized carbons (Fsp3) is 0.500. The fourth-order valence-electron chi connectivity index (χ4n) is 2.12. The van der Waals surface area contributed by atoms with Crippen molar-refractivity contribution in [3.8, 4) is 0 Å². The summed E-state index contributed by atoms with van der Waals surface area (Å²) in [5, 5.41) is 13.2. The van der Waals surface area contributed by atoms with Crippen LogP contribution in [0, 0.1) is 10.1 Å². The number of nitrogens with one attached hydrogen (secondary N) is 1. The molecule has 1 aliphatic heterocycles. The van der Waals surface area contributed by atoms with Gasteiger partial charge in [-0.2, -0.15) is 0 Å². The number of hydrogen-bond donors (Lipinski definition) is 1. The SMILES string of the molecule is CC(C)(C)OC(=O)N1CC(NC(=O)OCc2ccc([N+](=O)[O-])cc2)C1. The van der Waals surface area contributed by atoms with Gasteiger partial charge in [0.2, 0.25) is 0 Å². The van der Waals surface area contributed by atoms with Crippen LogP contribution in [0.1, 0.15) is 26.3 Å². The van der Waals surface area contributed by atoms with Gasteiger partial charge in [-0.25, -0.2) is 9.59 Å². The number of nitrogens with zero attached hydrogens (tertiary/aromatic N) is 2. The van der Waals surface area contributed by atoms with E-state index in [9.17, 15) is 19.7 Å². The summed E-state index contributed by atoms with van der Waals surface area (Å²) in [5.41, 5.74) is 0.0638. The Morgan fingerprint density at radius 2 is 1.88 bits per heavy atom. The molecule has 0 aromatic heterocycles. The highest BCUT2D eigenvalue weighted by atomic mass is 16.6. The zero-order chi connectivity index (χ0) is 18.6. The summed E-state index contributed by atoms with van der Waals surface area (Å²) >= 11 is 0. The standard InChI is InChI=1S/C16H21N3O6/c1-16(2,3)25-15(21)18-8-12(9-18)17-14(20)24-10-11-4-6-13(7-5-11)19(22)23/h4-7,12H,8-10H2,1-3H3,(H,17,20). The van der Waals surface area contributed by atoms with Crippen molar-refractivity contribution in [2.45, 2.75) is 39.0 Å². The summed E-state index contributed by atoms with van der Waals surface area (Å²) in [5.74, 6) is 0. The zero-order valence-corrected chi connectivity index (χ0v) is 14.4. The van der Waals surface area contributed by atoms with Gasteiger partial charge in [0.05, 0.1) is 11.0 Å². The van der Waals surface area contributed by atoms with Crippen LogP contribution < -0.4 is 5.32 Å². The quantitative estimate of drug-likeness (QED) is 0.659. The van der Waals surface area contributed by atoms with Gasteiger partial charge in [-0.05, 0) is 38.5 Å². The lowest BCUT2D eigenvalue weighted by molar-refractivity contribution is -0.384. The van der Waals surface area contributed by atoms with Crippen LogP contribution in [0.25, 0.3) is 0 Å². The normalized spacial score (nSPS) is 14.4. The van der Waals surface area contributed by atoms with Gasteiger partial charge in [0.15, 0.2) is 0 Å². The third kappa shape index (κ3) is 5.63. The number of carbonyl (C=O) groups excluding carboxylic acids is 2. The number of rotatable bonds is 4. The van der Waals surface area contributed by atoms with Crippen LogP contribution in [0.4, 0.5) is 15.3 Å². The molecule has 2 rings (SSSR count). The van der Waals surface area contributed by atoms with E-state index in [2.05, 4.69) is 5.32 Å². The minimum absolute atomic E-state index is 0.00628. The first kappa shape index (κ1) is 18.5. The van der Waals surface area contributed by atoms with E-state index in [1.807, 2.05) is 0 Å². The Balaban J connectivity index is 1.68. The topological polar surface area (TPSA) is 111 Å². The average Bonchev–Trinajstić information content (AvgIpc) is 2.46. The van der Waals surface area contributed by atoms with Crippen LogP contribution in [0.15, 0.2) is 24.3 Å². The summed E-state index contributed by atoms with van der Waals surface area (Å²) in [6.07, 6.45) is -1.02. The van der Waals surface area contributed by atoms with Crippen LogP contribution >= 0.6 is 0 Å². The second-order valence-corrected chi connectivity index (χ2v) is 6.73. The number of benzene rings is 1. The molecule has 136 valence electrons. The highest BCUT2D eigenvalue weighted by Gasteiger charge is 2.34. The van der Waals surface area contributed by atoms with E-state index in [0.717, 1.165) is 0 Å². The van der Waals surface area contributed by atoms with E-state index in [4.69, 9.17) is 9.47 Å². The summed E-state index contributed by atoms with van der Waals surface area (Å²) in [6.45, 7) is 6.09. The number of alkyl carbamates (subject to hydrolysis) is 1. The molecular formula is C16H21N3O6. The molecule has 1 N–H and O–H groups in total. The summed E-state index contributed by atoms with van der Waals surface area (Å²) < 4.78 is 10.3. The van der Waals surface area contributed by atoms with E-state index in [1.165, 1.54) is 29.2 Å². The summed E-state index contributed by atoms with van der Waals surface area (Å²) in [6, 6.07) is 5.57. The molecule has 9 nitrogen and oxygen atoms in total. The monoisotopic (exact) mass is 351 g/mol. The summed E-state index contributed by atoms with van der Waals surface area (Å²) in [4.78, 5) is 35.1. The van der Waals surface area contributed by atoms with Gasteiger partial charge in [0, 0.05) is 25.2 Å². The van der Waals surface area contributed by atoms with Crippen molar-refractivity contribution in [1.29, 1.82) is 0 Å². The molecule has 0 atom stereocenters. The van der Waals surface area contributed by atoms with Crippen LogP contribution in [0.2, 0.25) is 0 Å². The van der Waals surface area contributed by atoms with Crippen molar-refractivity contribution in [1.82, 2.24) is 10.2 Å². The molecule has 1 fully saturated rings. The van der Waals surface area contributed by atoms with E-state index >= 15 is 0 Å². The first-order valence-corrected chi connectivity index (χ1v) is 7.78. The number of hydrogen-bond acceptors (Lipinski definition) is 6. The Bertz CT molecular complexity index is 647. The molecule has 0 spiro atoms. The van der Waals surface area contributed by atoms with Gasteiger partial charge in [-0.3, -0.25) is 10.1 Å². The molecule has 1 saturated heterocycles. The molecule has 0 aliphatic carbocycles. The molecule has 1 aromatic rings. The van der Waals surface area contributed by atoms with Gasteiger partial charge in [0.1, 0.15) is 12.2 Å². The number of nitro benzene ring substituents is 1. The van der Waals surface area contributed by atoms with Crippen LogP contribution in [-0.2, 0) is 16.1 Å². The molecule has 1 heterocycles. The first-order valence-electron chi connectivity index (χ1n) is 7.78. The molecule has 0 bridgehead atoms. The molecule has 0 saturated carbocycles. The Kier molecular flexibility index (Phi) is 5.45. The van der Waals surface area contributed by atoms with Gasteiger partial charge >= 0.3 is 12.2 Å². The minimum atomic E-state index is -0.604. The smallest absolute Gasteiger partial charge is 0.410 e. The lowest BCUT2D eigenvalue weighted by Crippen LogP contribution is -2.61. The first-order chi connectivity index (χ1) is 11.6. The molecular weight excluding hydrogens is 330 g/mol. The number of likely N-dealkylation sites (tertiary alicyclic amines) is 1. The Morgan fingerprint density at radius 3 is 2.40 bits per heavy atom. The third-order valence-corrected chi connectivity index (χ3v) is 3.37.